The average molecular weight is 294 g/mol. The van der Waals surface area contributed by atoms with Gasteiger partial charge in [0.05, 0.1) is 6.61 Å². The van der Waals surface area contributed by atoms with E-state index in [1.54, 1.807) is 12.1 Å². The highest BCUT2D eigenvalue weighted by Crippen LogP contribution is 2.11. The first-order valence-electron chi connectivity index (χ1n) is 8.47. The Hall–Kier alpha value is -1.25. The highest BCUT2D eigenvalue weighted by Gasteiger charge is 2.10. The van der Waals surface area contributed by atoms with E-state index in [9.17, 15) is 4.79 Å². The van der Waals surface area contributed by atoms with Crippen LogP contribution in [0, 0.1) is 6.92 Å². The molecule has 21 heavy (non-hydrogen) atoms. The molecule has 0 fully saturated rings. The van der Waals surface area contributed by atoms with Gasteiger partial charge in [0.25, 0.3) is 0 Å². The van der Waals surface area contributed by atoms with E-state index in [2.05, 4.69) is 6.92 Å². The number of hydrogen-bond acceptors (Lipinski definition) is 3. The van der Waals surface area contributed by atoms with Crippen LogP contribution in [0.25, 0.3) is 0 Å². The third kappa shape index (κ3) is 8.59. The fourth-order valence-electron chi connectivity index (χ4n) is 2.37. The van der Waals surface area contributed by atoms with Gasteiger partial charge in [0.1, 0.15) is 5.76 Å². The molecule has 1 aromatic rings. The maximum atomic E-state index is 11.6. The lowest BCUT2D eigenvalue weighted by Gasteiger charge is -2.03. The first kappa shape index (κ1) is 17.8. The van der Waals surface area contributed by atoms with E-state index in [1.165, 1.54) is 51.4 Å². The lowest BCUT2D eigenvalue weighted by Crippen LogP contribution is -2.05. The van der Waals surface area contributed by atoms with E-state index in [0.29, 0.717) is 12.4 Å². The van der Waals surface area contributed by atoms with Crippen LogP contribution in [-0.4, -0.2) is 12.6 Å². The largest absolute Gasteiger partial charge is 0.460 e. The van der Waals surface area contributed by atoms with Crippen molar-refractivity contribution in [3.05, 3.63) is 23.7 Å². The van der Waals surface area contributed by atoms with Gasteiger partial charge in [0, 0.05) is 0 Å². The zero-order valence-corrected chi connectivity index (χ0v) is 13.7. The Morgan fingerprint density at radius 2 is 1.52 bits per heavy atom. The van der Waals surface area contributed by atoms with Gasteiger partial charge in [-0.3, -0.25) is 0 Å². The molecule has 0 spiro atoms. The van der Waals surface area contributed by atoms with E-state index in [-0.39, 0.29) is 5.97 Å². The summed E-state index contributed by atoms with van der Waals surface area (Å²) in [5.74, 6) is 0.694. The maximum Gasteiger partial charge on any atom is 0.374 e. The molecule has 0 bridgehead atoms. The van der Waals surface area contributed by atoms with Gasteiger partial charge in [0.2, 0.25) is 5.76 Å². The van der Waals surface area contributed by atoms with Gasteiger partial charge in [-0.2, -0.15) is 0 Å². The monoisotopic (exact) mass is 294 g/mol. The molecule has 1 aromatic heterocycles. The SMILES string of the molecule is CCCCCCCCCCCCOC(=O)c1ccc(C)o1. The van der Waals surface area contributed by atoms with Gasteiger partial charge in [-0.1, -0.05) is 64.7 Å². The minimum atomic E-state index is -0.348. The van der Waals surface area contributed by atoms with Gasteiger partial charge < -0.3 is 9.15 Å². The Labute approximate surface area is 129 Å². The third-order valence-corrected chi connectivity index (χ3v) is 3.67. The van der Waals surface area contributed by atoms with Crippen LogP contribution in [0.4, 0.5) is 0 Å². The zero-order chi connectivity index (χ0) is 15.3. The lowest BCUT2D eigenvalue weighted by atomic mass is 10.1. The van der Waals surface area contributed by atoms with Crippen LogP contribution >= 0.6 is 0 Å². The van der Waals surface area contributed by atoms with Crippen LogP contribution in [-0.2, 0) is 4.74 Å². The molecule has 0 N–H and O–H groups in total. The molecule has 0 saturated heterocycles. The third-order valence-electron chi connectivity index (χ3n) is 3.67. The second-order valence-electron chi connectivity index (χ2n) is 5.73. The standard InChI is InChI=1S/C18H30O3/c1-3-4-5-6-7-8-9-10-11-12-15-20-18(19)17-14-13-16(2)21-17/h13-14H,3-12,15H2,1-2H3. The van der Waals surface area contributed by atoms with Gasteiger partial charge in [-0.15, -0.1) is 0 Å². The predicted octanol–water partition coefficient (Wildman–Crippen LogP) is 5.67. The van der Waals surface area contributed by atoms with Crippen molar-refractivity contribution in [1.82, 2.24) is 0 Å². The van der Waals surface area contributed by atoms with Gasteiger partial charge in [-0.25, -0.2) is 4.79 Å². The molecule has 3 heteroatoms. The highest BCUT2D eigenvalue weighted by atomic mass is 16.5. The molecule has 120 valence electrons. The van der Waals surface area contributed by atoms with E-state index in [0.717, 1.165) is 18.6 Å². The quantitative estimate of drug-likeness (QED) is 0.368. The molecular formula is C18H30O3. The molecule has 0 aliphatic rings. The fraction of sp³-hybridized carbons (Fsp3) is 0.722. The van der Waals surface area contributed by atoms with Gasteiger partial charge >= 0.3 is 5.97 Å². The molecule has 0 saturated carbocycles. The Morgan fingerprint density at radius 1 is 0.952 bits per heavy atom. The molecular weight excluding hydrogens is 264 g/mol. The predicted molar refractivity (Wildman–Crippen MR) is 85.6 cm³/mol. The molecule has 0 aliphatic heterocycles. The fourth-order valence-corrected chi connectivity index (χ4v) is 2.37. The summed E-state index contributed by atoms with van der Waals surface area (Å²) in [6.45, 7) is 4.56. The first-order valence-corrected chi connectivity index (χ1v) is 8.47. The first-order chi connectivity index (χ1) is 10.2. The van der Waals surface area contributed by atoms with Crippen molar-refractivity contribution in [2.45, 2.75) is 78.1 Å². The number of carbonyl (C=O) groups is 1. The summed E-state index contributed by atoms with van der Waals surface area (Å²) in [7, 11) is 0. The molecule has 0 amide bonds. The molecule has 0 atom stereocenters. The topological polar surface area (TPSA) is 39.4 Å². The maximum absolute atomic E-state index is 11.6. The van der Waals surface area contributed by atoms with Crippen molar-refractivity contribution in [2.75, 3.05) is 6.61 Å². The Kier molecular flexibility index (Phi) is 9.68. The molecule has 0 radical (unpaired) electrons. The van der Waals surface area contributed by atoms with Crippen molar-refractivity contribution >= 4 is 5.97 Å². The number of aryl methyl sites for hydroxylation is 1. The summed E-state index contributed by atoms with van der Waals surface area (Å²) in [4.78, 5) is 11.6. The van der Waals surface area contributed by atoms with Crippen LogP contribution in [0.2, 0.25) is 0 Å². The molecule has 1 heterocycles. The lowest BCUT2D eigenvalue weighted by molar-refractivity contribution is 0.0460. The smallest absolute Gasteiger partial charge is 0.374 e. The number of furan rings is 1. The van der Waals surface area contributed by atoms with E-state index < -0.39 is 0 Å². The summed E-state index contributed by atoms with van der Waals surface area (Å²) in [5, 5.41) is 0. The van der Waals surface area contributed by atoms with E-state index in [4.69, 9.17) is 9.15 Å². The van der Waals surface area contributed by atoms with Gasteiger partial charge in [0.15, 0.2) is 0 Å². The molecule has 3 nitrogen and oxygen atoms in total. The number of rotatable bonds is 12. The van der Waals surface area contributed by atoms with Crippen molar-refractivity contribution in [1.29, 1.82) is 0 Å². The molecule has 1 rings (SSSR count). The summed E-state index contributed by atoms with van der Waals surface area (Å²) in [5.41, 5.74) is 0. The minimum Gasteiger partial charge on any atom is -0.460 e. The molecule has 0 aliphatic carbocycles. The number of hydrogen-bond donors (Lipinski definition) is 0. The summed E-state index contributed by atoms with van der Waals surface area (Å²) >= 11 is 0. The normalized spacial score (nSPS) is 10.8. The van der Waals surface area contributed by atoms with Crippen LogP contribution in [0.3, 0.4) is 0 Å². The Balaban J connectivity index is 1.87. The Bertz CT molecular complexity index is 382. The van der Waals surface area contributed by atoms with Crippen LogP contribution in [0.5, 0.6) is 0 Å². The number of unbranched alkanes of at least 4 members (excludes halogenated alkanes) is 9. The van der Waals surface area contributed by atoms with Crippen molar-refractivity contribution in [3.8, 4) is 0 Å². The van der Waals surface area contributed by atoms with E-state index >= 15 is 0 Å². The number of carbonyl (C=O) groups excluding carboxylic acids is 1. The summed E-state index contributed by atoms with van der Waals surface area (Å²) in [6, 6.07) is 3.44. The van der Waals surface area contributed by atoms with Crippen molar-refractivity contribution in [2.24, 2.45) is 0 Å². The van der Waals surface area contributed by atoms with Crippen LogP contribution in [0.1, 0.15) is 87.4 Å². The highest BCUT2D eigenvalue weighted by molar-refractivity contribution is 5.86. The molecule has 0 unspecified atom stereocenters. The summed E-state index contributed by atoms with van der Waals surface area (Å²) in [6.07, 6.45) is 12.8. The molecule has 0 aromatic carbocycles. The second kappa shape index (κ2) is 11.4. The second-order valence-corrected chi connectivity index (χ2v) is 5.73. The summed E-state index contributed by atoms with van der Waals surface area (Å²) < 4.78 is 10.4. The Morgan fingerprint density at radius 3 is 2.05 bits per heavy atom. The van der Waals surface area contributed by atoms with Crippen LogP contribution in [0.15, 0.2) is 16.5 Å². The minimum absolute atomic E-state index is 0.305. The average Bonchev–Trinajstić information content (AvgIpc) is 2.91. The van der Waals surface area contributed by atoms with Gasteiger partial charge in [-0.05, 0) is 25.5 Å². The van der Waals surface area contributed by atoms with E-state index in [1.807, 2.05) is 6.92 Å². The van der Waals surface area contributed by atoms with Crippen molar-refractivity contribution in [3.63, 3.8) is 0 Å². The van der Waals surface area contributed by atoms with Crippen LogP contribution < -0.4 is 0 Å². The zero-order valence-electron chi connectivity index (χ0n) is 13.7. The van der Waals surface area contributed by atoms with Crippen molar-refractivity contribution < 1.29 is 13.9 Å². The number of ether oxygens (including phenoxy) is 1. The number of esters is 1.